The maximum Gasteiger partial charge on any atom is 0.141 e. The Morgan fingerprint density at radius 2 is 1.89 bits per heavy atom. The van der Waals surface area contributed by atoms with Crippen molar-refractivity contribution < 1.29 is 9.18 Å². The fourth-order valence-corrected chi connectivity index (χ4v) is 1.83. The summed E-state index contributed by atoms with van der Waals surface area (Å²) in [5, 5.41) is 0.331. The first-order valence-electron chi connectivity index (χ1n) is 5.49. The average Bonchev–Trinajstić information content (AvgIpc) is 2.34. The van der Waals surface area contributed by atoms with Crippen LogP contribution in [0.15, 0.2) is 42.7 Å². The SMILES string of the molecule is O=C(Cc1ccncc1)Cc1ccc(Cl)cc1F. The van der Waals surface area contributed by atoms with Gasteiger partial charge in [-0.1, -0.05) is 17.7 Å². The van der Waals surface area contributed by atoms with Crippen LogP contribution in [0.2, 0.25) is 5.02 Å². The summed E-state index contributed by atoms with van der Waals surface area (Å²) in [5.41, 5.74) is 1.25. The third kappa shape index (κ3) is 3.37. The van der Waals surface area contributed by atoms with E-state index in [1.165, 1.54) is 6.07 Å². The van der Waals surface area contributed by atoms with E-state index >= 15 is 0 Å². The standard InChI is InChI=1S/C14H11ClFNO/c15-12-2-1-11(14(16)9-12)8-13(18)7-10-3-5-17-6-4-10/h1-6,9H,7-8H2. The second kappa shape index (κ2) is 5.74. The largest absolute Gasteiger partial charge is 0.299 e. The van der Waals surface area contributed by atoms with Crippen LogP contribution >= 0.6 is 11.6 Å². The highest BCUT2D eigenvalue weighted by atomic mass is 35.5. The number of nitrogens with zero attached hydrogens (tertiary/aromatic N) is 1. The Kier molecular flexibility index (Phi) is 4.05. The molecule has 0 aliphatic carbocycles. The van der Waals surface area contributed by atoms with Crippen molar-refractivity contribution >= 4 is 17.4 Å². The molecule has 2 rings (SSSR count). The molecule has 0 saturated heterocycles. The van der Waals surface area contributed by atoms with E-state index in [1.807, 2.05) is 0 Å². The van der Waals surface area contributed by atoms with Crippen molar-refractivity contribution in [2.24, 2.45) is 0 Å². The van der Waals surface area contributed by atoms with Gasteiger partial charge in [0.05, 0.1) is 0 Å². The lowest BCUT2D eigenvalue weighted by Crippen LogP contribution is -2.08. The molecule has 1 aromatic heterocycles. The summed E-state index contributed by atoms with van der Waals surface area (Å²) in [7, 11) is 0. The summed E-state index contributed by atoms with van der Waals surface area (Å²) < 4.78 is 13.5. The molecule has 0 unspecified atom stereocenters. The van der Waals surface area contributed by atoms with E-state index in [9.17, 15) is 9.18 Å². The lowest BCUT2D eigenvalue weighted by atomic mass is 10.0. The maximum atomic E-state index is 13.5. The number of benzene rings is 1. The molecule has 0 aliphatic heterocycles. The molecule has 0 spiro atoms. The zero-order valence-corrected chi connectivity index (χ0v) is 10.3. The van der Waals surface area contributed by atoms with Crippen LogP contribution in [0.25, 0.3) is 0 Å². The molecular weight excluding hydrogens is 253 g/mol. The third-order valence-corrected chi connectivity index (χ3v) is 2.79. The van der Waals surface area contributed by atoms with Crippen LogP contribution in [0.4, 0.5) is 4.39 Å². The zero-order chi connectivity index (χ0) is 13.0. The fourth-order valence-electron chi connectivity index (χ4n) is 1.67. The minimum atomic E-state index is -0.439. The van der Waals surface area contributed by atoms with Gasteiger partial charge in [0.2, 0.25) is 0 Å². The summed E-state index contributed by atoms with van der Waals surface area (Å²) in [4.78, 5) is 15.7. The number of hydrogen-bond donors (Lipinski definition) is 0. The van der Waals surface area contributed by atoms with Gasteiger partial charge in [0, 0.05) is 30.3 Å². The molecule has 0 bridgehead atoms. The van der Waals surface area contributed by atoms with Crippen molar-refractivity contribution in [1.29, 1.82) is 0 Å². The Labute approximate surface area is 109 Å². The summed E-state index contributed by atoms with van der Waals surface area (Å²) in [6.07, 6.45) is 3.62. The van der Waals surface area contributed by atoms with Crippen LogP contribution in [0.1, 0.15) is 11.1 Å². The zero-order valence-electron chi connectivity index (χ0n) is 9.57. The number of carbonyl (C=O) groups is 1. The number of Topliss-reactive ketones (excluding diaryl/α,β-unsaturated/α-hetero) is 1. The second-order valence-electron chi connectivity index (χ2n) is 3.98. The van der Waals surface area contributed by atoms with Gasteiger partial charge in [-0.3, -0.25) is 9.78 Å². The lowest BCUT2D eigenvalue weighted by Gasteiger charge is -2.03. The smallest absolute Gasteiger partial charge is 0.141 e. The Morgan fingerprint density at radius 1 is 1.17 bits per heavy atom. The van der Waals surface area contributed by atoms with Gasteiger partial charge in [0.25, 0.3) is 0 Å². The van der Waals surface area contributed by atoms with Gasteiger partial charge in [-0.05, 0) is 35.4 Å². The van der Waals surface area contributed by atoms with Crippen LogP contribution in [0.3, 0.4) is 0 Å². The molecule has 1 aromatic carbocycles. The fraction of sp³-hybridized carbons (Fsp3) is 0.143. The first kappa shape index (κ1) is 12.7. The van der Waals surface area contributed by atoms with Gasteiger partial charge in [0.15, 0.2) is 0 Å². The average molecular weight is 264 g/mol. The first-order chi connectivity index (χ1) is 8.65. The molecule has 0 radical (unpaired) electrons. The first-order valence-corrected chi connectivity index (χ1v) is 5.87. The Hall–Kier alpha value is -1.74. The van der Waals surface area contributed by atoms with Crippen molar-refractivity contribution in [3.05, 3.63) is 64.7 Å². The highest BCUT2D eigenvalue weighted by Gasteiger charge is 2.09. The number of rotatable bonds is 4. The van der Waals surface area contributed by atoms with E-state index in [1.54, 1.807) is 36.7 Å². The molecule has 4 heteroatoms. The van der Waals surface area contributed by atoms with E-state index in [0.29, 0.717) is 10.6 Å². The predicted molar refractivity (Wildman–Crippen MR) is 68.1 cm³/mol. The van der Waals surface area contributed by atoms with Crippen molar-refractivity contribution in [2.75, 3.05) is 0 Å². The van der Waals surface area contributed by atoms with Crippen LogP contribution in [-0.2, 0) is 17.6 Å². The lowest BCUT2D eigenvalue weighted by molar-refractivity contribution is -0.117. The van der Waals surface area contributed by atoms with E-state index < -0.39 is 5.82 Å². The van der Waals surface area contributed by atoms with E-state index in [2.05, 4.69) is 4.98 Å². The molecule has 0 aliphatic rings. The molecule has 92 valence electrons. The van der Waals surface area contributed by atoms with Crippen molar-refractivity contribution in [3.8, 4) is 0 Å². The van der Waals surface area contributed by atoms with Gasteiger partial charge in [-0.15, -0.1) is 0 Å². The number of pyridine rings is 1. The summed E-state index contributed by atoms with van der Waals surface area (Å²) >= 11 is 5.65. The van der Waals surface area contributed by atoms with Gasteiger partial charge in [-0.2, -0.15) is 0 Å². The Balaban J connectivity index is 2.03. The third-order valence-electron chi connectivity index (χ3n) is 2.55. The molecule has 0 N–H and O–H groups in total. The number of carbonyl (C=O) groups excluding carboxylic acids is 1. The number of aromatic nitrogens is 1. The van der Waals surface area contributed by atoms with Crippen LogP contribution in [0, 0.1) is 5.82 Å². The molecule has 1 heterocycles. The molecular formula is C14H11ClFNO. The minimum Gasteiger partial charge on any atom is -0.299 e. The van der Waals surface area contributed by atoms with Gasteiger partial charge < -0.3 is 0 Å². The van der Waals surface area contributed by atoms with Crippen molar-refractivity contribution in [1.82, 2.24) is 4.98 Å². The van der Waals surface area contributed by atoms with Gasteiger partial charge in [0.1, 0.15) is 11.6 Å². The highest BCUT2D eigenvalue weighted by Crippen LogP contribution is 2.15. The van der Waals surface area contributed by atoms with Crippen LogP contribution in [0.5, 0.6) is 0 Å². The van der Waals surface area contributed by atoms with Gasteiger partial charge in [-0.25, -0.2) is 4.39 Å². The second-order valence-corrected chi connectivity index (χ2v) is 4.42. The van der Waals surface area contributed by atoms with Crippen LogP contribution in [-0.4, -0.2) is 10.8 Å². The summed E-state index contributed by atoms with van der Waals surface area (Å²) in [5.74, 6) is -0.479. The normalized spacial score (nSPS) is 10.3. The molecule has 0 fully saturated rings. The number of ketones is 1. The van der Waals surface area contributed by atoms with E-state index in [4.69, 9.17) is 11.6 Å². The molecule has 0 amide bonds. The predicted octanol–water partition coefficient (Wildman–Crippen LogP) is 3.23. The summed E-state index contributed by atoms with van der Waals surface area (Å²) in [6.45, 7) is 0. The molecule has 0 atom stereocenters. The molecule has 2 aromatic rings. The Morgan fingerprint density at radius 3 is 2.56 bits per heavy atom. The monoisotopic (exact) mass is 263 g/mol. The quantitative estimate of drug-likeness (QED) is 0.848. The number of halogens is 2. The highest BCUT2D eigenvalue weighted by molar-refractivity contribution is 6.30. The summed E-state index contributed by atoms with van der Waals surface area (Å²) in [6, 6.07) is 7.89. The topological polar surface area (TPSA) is 30.0 Å². The Bertz CT molecular complexity index is 557. The maximum absolute atomic E-state index is 13.5. The van der Waals surface area contributed by atoms with Crippen molar-refractivity contribution in [2.45, 2.75) is 12.8 Å². The number of hydrogen-bond acceptors (Lipinski definition) is 2. The molecule has 2 nitrogen and oxygen atoms in total. The molecule has 0 saturated carbocycles. The van der Waals surface area contributed by atoms with Gasteiger partial charge >= 0.3 is 0 Å². The minimum absolute atomic E-state index is 0.0394. The molecule has 18 heavy (non-hydrogen) atoms. The van der Waals surface area contributed by atoms with Crippen molar-refractivity contribution in [3.63, 3.8) is 0 Å². The van der Waals surface area contributed by atoms with E-state index in [-0.39, 0.29) is 18.6 Å². The van der Waals surface area contributed by atoms with Crippen LogP contribution < -0.4 is 0 Å². The van der Waals surface area contributed by atoms with E-state index in [0.717, 1.165) is 5.56 Å².